The minimum absolute atomic E-state index is 0.203. The standard InChI is InChI=1S/C16H21BrN2O2/c17-12-8-10(9-14-16(12)21-7-6-20-14)15-13(18)2-1-5-19(15)11-3-4-11/h8-9,11,13,15H,1-7,18H2. The van der Waals surface area contributed by atoms with Crippen LogP contribution in [-0.4, -0.2) is 36.7 Å². The van der Waals surface area contributed by atoms with Gasteiger partial charge in [0.05, 0.1) is 10.5 Å². The van der Waals surface area contributed by atoms with Crippen LogP contribution in [0.2, 0.25) is 0 Å². The lowest BCUT2D eigenvalue weighted by Crippen LogP contribution is -2.46. The van der Waals surface area contributed by atoms with Gasteiger partial charge in [-0.15, -0.1) is 0 Å². The first-order chi connectivity index (χ1) is 10.2. The Morgan fingerprint density at radius 3 is 2.76 bits per heavy atom. The van der Waals surface area contributed by atoms with Crippen LogP contribution in [0.25, 0.3) is 0 Å². The van der Waals surface area contributed by atoms with Gasteiger partial charge in [0.2, 0.25) is 0 Å². The number of fused-ring (bicyclic) bond motifs is 1. The summed E-state index contributed by atoms with van der Waals surface area (Å²) in [6, 6.07) is 5.53. The number of nitrogens with two attached hydrogens (primary N) is 1. The van der Waals surface area contributed by atoms with Crippen LogP contribution < -0.4 is 15.2 Å². The summed E-state index contributed by atoms with van der Waals surface area (Å²) in [4.78, 5) is 2.60. The fourth-order valence-electron chi connectivity index (χ4n) is 3.61. The Labute approximate surface area is 133 Å². The lowest BCUT2D eigenvalue weighted by molar-refractivity contribution is 0.118. The summed E-state index contributed by atoms with van der Waals surface area (Å²) in [5.74, 6) is 1.67. The van der Waals surface area contributed by atoms with Crippen LogP contribution in [0, 0.1) is 0 Å². The molecule has 1 saturated carbocycles. The van der Waals surface area contributed by atoms with Crippen LogP contribution in [-0.2, 0) is 0 Å². The van der Waals surface area contributed by atoms with E-state index in [2.05, 4.69) is 33.0 Å². The van der Waals surface area contributed by atoms with Gasteiger partial charge in [-0.05, 0) is 65.9 Å². The molecule has 4 nitrogen and oxygen atoms in total. The SMILES string of the molecule is NC1CCCN(C2CC2)C1c1cc(Br)c2c(c1)OCCO2. The number of benzene rings is 1. The van der Waals surface area contributed by atoms with Crippen molar-refractivity contribution in [2.75, 3.05) is 19.8 Å². The molecule has 2 aliphatic heterocycles. The molecule has 4 rings (SSSR count). The summed E-state index contributed by atoms with van der Waals surface area (Å²) in [5.41, 5.74) is 7.72. The van der Waals surface area contributed by atoms with E-state index in [0.29, 0.717) is 19.3 Å². The van der Waals surface area contributed by atoms with Crippen LogP contribution in [0.5, 0.6) is 11.5 Å². The molecular weight excluding hydrogens is 332 g/mol. The van der Waals surface area contributed by atoms with Crippen LogP contribution in [0.15, 0.2) is 16.6 Å². The largest absolute Gasteiger partial charge is 0.486 e. The van der Waals surface area contributed by atoms with Crippen molar-refractivity contribution in [1.82, 2.24) is 4.90 Å². The smallest absolute Gasteiger partial charge is 0.175 e. The molecule has 1 saturated heterocycles. The van der Waals surface area contributed by atoms with Crippen molar-refractivity contribution in [2.24, 2.45) is 5.73 Å². The van der Waals surface area contributed by atoms with E-state index < -0.39 is 0 Å². The number of halogens is 1. The van der Waals surface area contributed by atoms with Crippen LogP contribution >= 0.6 is 15.9 Å². The van der Waals surface area contributed by atoms with Crippen LogP contribution in [0.1, 0.15) is 37.3 Å². The highest BCUT2D eigenvalue weighted by atomic mass is 79.9. The topological polar surface area (TPSA) is 47.7 Å². The lowest BCUT2D eigenvalue weighted by atomic mass is 9.90. The van der Waals surface area contributed by atoms with Gasteiger partial charge in [0.25, 0.3) is 0 Å². The van der Waals surface area contributed by atoms with Gasteiger partial charge >= 0.3 is 0 Å². The zero-order valence-corrected chi connectivity index (χ0v) is 13.6. The quantitative estimate of drug-likeness (QED) is 0.888. The van der Waals surface area contributed by atoms with Gasteiger partial charge in [-0.1, -0.05) is 0 Å². The molecule has 0 bridgehead atoms. The van der Waals surface area contributed by atoms with Crippen LogP contribution in [0.3, 0.4) is 0 Å². The second-order valence-corrected chi connectivity index (χ2v) is 7.10. The van der Waals surface area contributed by atoms with Crippen molar-refractivity contribution in [2.45, 2.75) is 43.8 Å². The van der Waals surface area contributed by atoms with Gasteiger partial charge < -0.3 is 15.2 Å². The molecule has 0 radical (unpaired) electrons. The number of likely N-dealkylation sites (tertiary alicyclic amines) is 1. The maximum atomic E-state index is 6.46. The highest BCUT2D eigenvalue weighted by Crippen LogP contribution is 2.44. The minimum Gasteiger partial charge on any atom is -0.486 e. The molecule has 5 heteroatoms. The van der Waals surface area contributed by atoms with Gasteiger partial charge in [0.15, 0.2) is 11.5 Å². The van der Waals surface area contributed by atoms with Crippen molar-refractivity contribution in [3.05, 3.63) is 22.2 Å². The van der Waals surface area contributed by atoms with E-state index in [1.807, 2.05) is 0 Å². The Balaban J connectivity index is 1.71. The fourth-order valence-corrected chi connectivity index (χ4v) is 4.18. The molecule has 1 aromatic carbocycles. The zero-order chi connectivity index (χ0) is 14.4. The third kappa shape index (κ3) is 2.56. The second kappa shape index (κ2) is 5.45. The Morgan fingerprint density at radius 2 is 1.95 bits per heavy atom. The second-order valence-electron chi connectivity index (χ2n) is 6.25. The van der Waals surface area contributed by atoms with Crippen molar-refractivity contribution in [1.29, 1.82) is 0 Å². The Kier molecular flexibility index (Phi) is 3.59. The molecule has 2 heterocycles. The molecule has 1 aliphatic carbocycles. The normalized spacial score (nSPS) is 29.4. The predicted molar refractivity (Wildman–Crippen MR) is 84.8 cm³/mol. The molecule has 2 unspecified atom stereocenters. The lowest BCUT2D eigenvalue weighted by Gasteiger charge is -2.40. The number of nitrogens with zero attached hydrogens (tertiary/aromatic N) is 1. The first-order valence-corrected chi connectivity index (χ1v) is 8.63. The van der Waals surface area contributed by atoms with E-state index in [4.69, 9.17) is 15.2 Å². The molecule has 2 fully saturated rings. The number of piperidine rings is 1. The summed E-state index contributed by atoms with van der Waals surface area (Å²) >= 11 is 3.63. The number of hydrogen-bond donors (Lipinski definition) is 1. The Hall–Kier alpha value is -0.780. The third-order valence-electron chi connectivity index (χ3n) is 4.69. The summed E-state index contributed by atoms with van der Waals surface area (Å²) in [6.45, 7) is 2.39. The first kappa shape index (κ1) is 13.9. The Bertz CT molecular complexity index is 547. The molecule has 0 amide bonds. The summed E-state index contributed by atoms with van der Waals surface area (Å²) in [5, 5.41) is 0. The highest BCUT2D eigenvalue weighted by molar-refractivity contribution is 9.10. The maximum absolute atomic E-state index is 6.46. The number of ether oxygens (including phenoxy) is 2. The summed E-state index contributed by atoms with van der Waals surface area (Å²) in [7, 11) is 0. The van der Waals surface area contributed by atoms with E-state index in [1.165, 1.54) is 24.8 Å². The van der Waals surface area contributed by atoms with Gasteiger partial charge in [-0.25, -0.2) is 0 Å². The fraction of sp³-hybridized carbons (Fsp3) is 0.625. The monoisotopic (exact) mass is 352 g/mol. The van der Waals surface area contributed by atoms with Crippen molar-refractivity contribution in [3.8, 4) is 11.5 Å². The van der Waals surface area contributed by atoms with E-state index in [1.54, 1.807) is 0 Å². The maximum Gasteiger partial charge on any atom is 0.175 e. The average molecular weight is 353 g/mol. The van der Waals surface area contributed by atoms with Gasteiger partial charge in [0, 0.05) is 12.1 Å². The van der Waals surface area contributed by atoms with Gasteiger partial charge in [-0.3, -0.25) is 4.90 Å². The molecule has 0 spiro atoms. The van der Waals surface area contributed by atoms with Crippen molar-refractivity contribution in [3.63, 3.8) is 0 Å². The molecule has 3 aliphatic rings. The van der Waals surface area contributed by atoms with Gasteiger partial charge in [-0.2, -0.15) is 0 Å². The molecular formula is C16H21BrN2O2. The number of hydrogen-bond acceptors (Lipinski definition) is 4. The van der Waals surface area contributed by atoms with Crippen LogP contribution in [0.4, 0.5) is 0 Å². The van der Waals surface area contributed by atoms with E-state index >= 15 is 0 Å². The van der Waals surface area contributed by atoms with Crippen molar-refractivity contribution >= 4 is 15.9 Å². The Morgan fingerprint density at radius 1 is 1.14 bits per heavy atom. The predicted octanol–water partition coefficient (Wildman–Crippen LogP) is 2.85. The highest BCUT2D eigenvalue weighted by Gasteiger charge is 2.39. The van der Waals surface area contributed by atoms with Gasteiger partial charge in [0.1, 0.15) is 13.2 Å². The molecule has 0 aromatic heterocycles. The minimum atomic E-state index is 0.203. The zero-order valence-electron chi connectivity index (χ0n) is 12.1. The average Bonchev–Trinajstić information content (AvgIpc) is 3.31. The molecule has 2 atom stereocenters. The van der Waals surface area contributed by atoms with E-state index in [-0.39, 0.29) is 6.04 Å². The first-order valence-electron chi connectivity index (χ1n) is 7.84. The molecule has 1 aromatic rings. The van der Waals surface area contributed by atoms with E-state index in [0.717, 1.165) is 35.0 Å². The molecule has 21 heavy (non-hydrogen) atoms. The summed E-state index contributed by atoms with van der Waals surface area (Å²) in [6.07, 6.45) is 4.93. The van der Waals surface area contributed by atoms with E-state index in [9.17, 15) is 0 Å². The third-order valence-corrected chi connectivity index (χ3v) is 5.28. The summed E-state index contributed by atoms with van der Waals surface area (Å²) < 4.78 is 12.4. The molecule has 114 valence electrons. The van der Waals surface area contributed by atoms with Crippen molar-refractivity contribution < 1.29 is 9.47 Å². The number of rotatable bonds is 2. The molecule has 2 N–H and O–H groups in total.